The van der Waals surface area contributed by atoms with Crippen molar-refractivity contribution >= 4 is 24.0 Å². The summed E-state index contributed by atoms with van der Waals surface area (Å²) in [6.45, 7) is -0.333. The van der Waals surface area contributed by atoms with Gasteiger partial charge in [-0.15, -0.1) is 0 Å². The first-order valence-electron chi connectivity index (χ1n) is 14.3. The van der Waals surface area contributed by atoms with Gasteiger partial charge < -0.3 is 20.1 Å². The fourth-order valence-electron chi connectivity index (χ4n) is 6.54. The first kappa shape index (κ1) is 28.4. The summed E-state index contributed by atoms with van der Waals surface area (Å²) >= 11 is 0. The number of nitrogens with one attached hydrogen (secondary N) is 1. The first-order valence-corrected chi connectivity index (χ1v) is 14.3. The molecule has 0 radical (unpaired) electrons. The SMILES string of the molecule is Cn1cc(-c2ccc3c(c2)CC[C@@]32OC(=O)N(CC(=O)N(Cc3ccc(F)cc3)[C@H]3CC[C@H](NC(=O)O)CC3)C2=O)cn1. The van der Waals surface area contributed by atoms with Crippen LogP contribution in [0.1, 0.15) is 48.8 Å². The van der Waals surface area contributed by atoms with Crippen LogP contribution in [0.2, 0.25) is 0 Å². The molecule has 224 valence electrons. The molecular weight excluding hydrogens is 557 g/mol. The molecule has 1 aliphatic heterocycles. The summed E-state index contributed by atoms with van der Waals surface area (Å²) < 4.78 is 21.0. The Morgan fingerprint density at radius 1 is 1.12 bits per heavy atom. The number of aromatic nitrogens is 2. The van der Waals surface area contributed by atoms with Gasteiger partial charge in [-0.3, -0.25) is 14.3 Å². The van der Waals surface area contributed by atoms with E-state index in [1.807, 2.05) is 31.4 Å². The molecule has 1 saturated heterocycles. The van der Waals surface area contributed by atoms with E-state index in [1.54, 1.807) is 27.9 Å². The van der Waals surface area contributed by atoms with E-state index in [9.17, 15) is 23.6 Å². The predicted molar refractivity (Wildman–Crippen MR) is 151 cm³/mol. The maximum Gasteiger partial charge on any atom is 0.418 e. The lowest BCUT2D eigenvalue weighted by Gasteiger charge is -2.37. The molecule has 2 heterocycles. The Kier molecular flexibility index (Phi) is 7.37. The highest BCUT2D eigenvalue weighted by molar-refractivity contribution is 6.06. The minimum atomic E-state index is -1.47. The average Bonchev–Trinajstić information content (AvgIpc) is 3.65. The number of ether oxygens (including phenoxy) is 1. The first-order chi connectivity index (χ1) is 20.6. The third-order valence-corrected chi connectivity index (χ3v) is 8.74. The third-order valence-electron chi connectivity index (χ3n) is 8.74. The standard InChI is InChI=1S/C31H32FN5O6/c1-35-17-22(15-33-35)20-4-11-26-21(14-20)12-13-31(26)28(39)37(30(42)43-31)18-27(38)36(16-19-2-5-23(32)6-3-19)25-9-7-24(8-10-25)34-29(40)41/h2-6,11,14-15,17,24-25,34H,7-10,12-13,16,18H2,1H3,(H,40,41)/t24-,25-,31-/m1/s1. The van der Waals surface area contributed by atoms with E-state index in [0.29, 0.717) is 43.2 Å². The Balaban J connectivity index is 1.21. The minimum absolute atomic E-state index is 0.156. The van der Waals surface area contributed by atoms with Crippen LogP contribution in [-0.2, 0) is 39.9 Å². The van der Waals surface area contributed by atoms with Crippen LogP contribution in [0.4, 0.5) is 14.0 Å². The molecule has 43 heavy (non-hydrogen) atoms. The number of hydrogen-bond donors (Lipinski definition) is 2. The van der Waals surface area contributed by atoms with Crippen molar-refractivity contribution in [3.05, 3.63) is 77.4 Å². The van der Waals surface area contributed by atoms with Crippen LogP contribution in [0.5, 0.6) is 0 Å². The summed E-state index contributed by atoms with van der Waals surface area (Å²) in [5.74, 6) is -1.40. The predicted octanol–water partition coefficient (Wildman–Crippen LogP) is 3.95. The van der Waals surface area contributed by atoms with Crippen LogP contribution in [0, 0.1) is 5.82 Å². The van der Waals surface area contributed by atoms with Gasteiger partial charge in [0.05, 0.1) is 6.20 Å². The van der Waals surface area contributed by atoms with Crippen molar-refractivity contribution in [2.75, 3.05) is 6.54 Å². The van der Waals surface area contributed by atoms with Crippen molar-refractivity contribution in [1.29, 1.82) is 0 Å². The molecule has 11 nitrogen and oxygen atoms in total. The third kappa shape index (κ3) is 5.44. The maximum absolute atomic E-state index is 13.8. The number of rotatable bonds is 7. The molecule has 0 unspecified atom stereocenters. The largest absolute Gasteiger partial charge is 0.465 e. The monoisotopic (exact) mass is 589 g/mol. The van der Waals surface area contributed by atoms with Crippen molar-refractivity contribution in [1.82, 2.24) is 24.9 Å². The number of halogens is 1. The van der Waals surface area contributed by atoms with E-state index in [4.69, 9.17) is 9.84 Å². The molecule has 12 heteroatoms. The second kappa shape index (κ2) is 11.2. The fraction of sp³-hybridized carbons (Fsp3) is 0.387. The maximum atomic E-state index is 13.8. The molecule has 2 N–H and O–H groups in total. The van der Waals surface area contributed by atoms with E-state index in [0.717, 1.165) is 21.6 Å². The molecule has 1 atom stereocenters. The fourth-order valence-corrected chi connectivity index (χ4v) is 6.54. The molecule has 2 fully saturated rings. The molecule has 2 aliphatic carbocycles. The van der Waals surface area contributed by atoms with E-state index in [1.165, 1.54) is 12.1 Å². The van der Waals surface area contributed by atoms with Gasteiger partial charge in [-0.25, -0.2) is 18.9 Å². The highest BCUT2D eigenvalue weighted by Gasteiger charge is 2.58. The Labute approximate surface area is 247 Å². The van der Waals surface area contributed by atoms with Crippen LogP contribution >= 0.6 is 0 Å². The van der Waals surface area contributed by atoms with Gasteiger partial charge in [-0.2, -0.15) is 5.10 Å². The van der Waals surface area contributed by atoms with E-state index in [-0.39, 0.29) is 25.0 Å². The second-order valence-electron chi connectivity index (χ2n) is 11.5. The molecule has 1 spiro atoms. The highest BCUT2D eigenvalue weighted by Crippen LogP contribution is 2.46. The summed E-state index contributed by atoms with van der Waals surface area (Å²) in [5.41, 5.74) is 2.63. The van der Waals surface area contributed by atoms with Gasteiger partial charge in [0.1, 0.15) is 12.4 Å². The zero-order chi connectivity index (χ0) is 30.3. The Hall–Kier alpha value is -4.74. The van der Waals surface area contributed by atoms with Gasteiger partial charge in [0, 0.05) is 49.4 Å². The van der Waals surface area contributed by atoms with Crippen LogP contribution in [-0.4, -0.2) is 67.3 Å². The number of carboxylic acid groups (broad SMARTS) is 1. The van der Waals surface area contributed by atoms with Crippen LogP contribution in [0.25, 0.3) is 11.1 Å². The number of aryl methyl sites for hydroxylation is 2. The molecule has 1 saturated carbocycles. The minimum Gasteiger partial charge on any atom is -0.465 e. The number of benzene rings is 2. The van der Waals surface area contributed by atoms with E-state index < -0.39 is 42.0 Å². The van der Waals surface area contributed by atoms with Crippen molar-refractivity contribution < 1.29 is 33.4 Å². The Morgan fingerprint density at radius 3 is 2.53 bits per heavy atom. The number of amides is 4. The van der Waals surface area contributed by atoms with Crippen LogP contribution in [0.3, 0.4) is 0 Å². The van der Waals surface area contributed by atoms with Gasteiger partial charge in [-0.1, -0.05) is 30.3 Å². The smallest absolute Gasteiger partial charge is 0.418 e. The summed E-state index contributed by atoms with van der Waals surface area (Å²) in [7, 11) is 1.83. The summed E-state index contributed by atoms with van der Waals surface area (Å²) in [4.78, 5) is 54.3. The quantitative estimate of drug-likeness (QED) is 0.426. The molecule has 4 amide bonds. The summed E-state index contributed by atoms with van der Waals surface area (Å²) in [5, 5.41) is 15.8. The van der Waals surface area contributed by atoms with Crippen molar-refractivity contribution in [2.24, 2.45) is 7.05 Å². The highest BCUT2D eigenvalue weighted by atomic mass is 19.1. The number of imide groups is 1. The molecule has 3 aromatic rings. The summed E-state index contributed by atoms with van der Waals surface area (Å²) in [6.07, 6.45) is 4.66. The zero-order valence-electron chi connectivity index (χ0n) is 23.7. The van der Waals surface area contributed by atoms with Gasteiger partial charge in [0.15, 0.2) is 0 Å². The molecule has 0 bridgehead atoms. The molecule has 3 aliphatic rings. The number of carbonyl (C=O) groups is 4. The van der Waals surface area contributed by atoms with E-state index in [2.05, 4.69) is 10.4 Å². The van der Waals surface area contributed by atoms with Gasteiger partial charge >= 0.3 is 12.2 Å². The van der Waals surface area contributed by atoms with Crippen molar-refractivity contribution in [2.45, 2.75) is 62.8 Å². The van der Waals surface area contributed by atoms with Crippen molar-refractivity contribution in [3.63, 3.8) is 0 Å². The van der Waals surface area contributed by atoms with Crippen LogP contribution < -0.4 is 5.32 Å². The number of fused-ring (bicyclic) bond motifs is 2. The van der Waals surface area contributed by atoms with Crippen molar-refractivity contribution in [3.8, 4) is 11.1 Å². The zero-order valence-corrected chi connectivity index (χ0v) is 23.7. The van der Waals surface area contributed by atoms with Gasteiger partial charge in [0.25, 0.3) is 5.91 Å². The Bertz CT molecular complexity index is 1580. The Morgan fingerprint density at radius 2 is 1.86 bits per heavy atom. The lowest BCUT2D eigenvalue weighted by molar-refractivity contribution is -0.143. The molecule has 1 aromatic heterocycles. The molecule has 2 aromatic carbocycles. The lowest BCUT2D eigenvalue weighted by atomic mass is 9.89. The van der Waals surface area contributed by atoms with Gasteiger partial charge in [0.2, 0.25) is 11.5 Å². The topological polar surface area (TPSA) is 134 Å². The molecular formula is C31H32FN5O6. The van der Waals surface area contributed by atoms with Gasteiger partial charge in [-0.05, 0) is 60.9 Å². The number of carbonyl (C=O) groups excluding carboxylic acids is 3. The number of hydrogen-bond acceptors (Lipinski definition) is 6. The lowest BCUT2D eigenvalue weighted by Crippen LogP contribution is -2.50. The van der Waals surface area contributed by atoms with E-state index >= 15 is 0 Å². The number of nitrogens with zero attached hydrogens (tertiary/aromatic N) is 4. The molecule has 6 rings (SSSR count). The van der Waals surface area contributed by atoms with Crippen LogP contribution in [0.15, 0.2) is 54.9 Å². The second-order valence-corrected chi connectivity index (χ2v) is 11.5. The summed E-state index contributed by atoms with van der Waals surface area (Å²) in [6, 6.07) is 11.0. The average molecular weight is 590 g/mol. The normalized spacial score (nSPS) is 22.9.